The summed E-state index contributed by atoms with van der Waals surface area (Å²) in [6, 6.07) is 11.5. The number of hydrogen-bond acceptors (Lipinski definition) is 4. The van der Waals surface area contributed by atoms with Crippen molar-refractivity contribution in [2.75, 3.05) is 37.5 Å². The van der Waals surface area contributed by atoms with Gasteiger partial charge in [-0.25, -0.2) is 4.39 Å². The van der Waals surface area contributed by atoms with Gasteiger partial charge < -0.3 is 19.9 Å². The fraction of sp³-hybridized carbons (Fsp3) is 0.481. The molecule has 0 radical (unpaired) electrons. The van der Waals surface area contributed by atoms with Crippen LogP contribution in [-0.2, 0) is 16.1 Å². The molecule has 1 heterocycles. The molecule has 1 fully saturated rings. The fourth-order valence-electron chi connectivity index (χ4n) is 4.18. The van der Waals surface area contributed by atoms with E-state index in [-0.39, 0.29) is 23.3 Å². The Morgan fingerprint density at radius 1 is 1.15 bits per heavy atom. The maximum absolute atomic E-state index is 13.8. The minimum atomic E-state index is -0.444. The summed E-state index contributed by atoms with van der Waals surface area (Å²) in [4.78, 5) is 29.6. The van der Waals surface area contributed by atoms with Gasteiger partial charge >= 0.3 is 0 Å². The highest BCUT2D eigenvalue weighted by Crippen LogP contribution is 2.27. The Kier molecular flexibility index (Phi) is 8.31. The molecule has 2 amide bonds. The van der Waals surface area contributed by atoms with Crippen LogP contribution in [0.3, 0.4) is 0 Å². The predicted molar refractivity (Wildman–Crippen MR) is 134 cm³/mol. The molecule has 0 aliphatic carbocycles. The molecular weight excluding hydrogens is 433 g/mol. The summed E-state index contributed by atoms with van der Waals surface area (Å²) in [6.07, 6.45) is 2.21. The summed E-state index contributed by atoms with van der Waals surface area (Å²) < 4.78 is 19.6. The van der Waals surface area contributed by atoms with Crippen molar-refractivity contribution in [3.8, 4) is 0 Å². The monoisotopic (exact) mass is 469 g/mol. The van der Waals surface area contributed by atoms with Gasteiger partial charge in [-0.3, -0.25) is 9.59 Å². The number of benzene rings is 2. The van der Waals surface area contributed by atoms with Crippen LogP contribution in [0, 0.1) is 11.2 Å². The fourth-order valence-corrected chi connectivity index (χ4v) is 4.18. The van der Waals surface area contributed by atoms with Gasteiger partial charge in [0.05, 0.1) is 6.10 Å². The van der Waals surface area contributed by atoms with Crippen LogP contribution >= 0.6 is 0 Å². The average molecular weight is 470 g/mol. The summed E-state index contributed by atoms with van der Waals surface area (Å²) in [6.45, 7) is 7.48. The van der Waals surface area contributed by atoms with Crippen LogP contribution in [0.15, 0.2) is 42.5 Å². The zero-order valence-corrected chi connectivity index (χ0v) is 20.9. The highest BCUT2D eigenvalue weighted by atomic mass is 19.1. The molecule has 1 atom stereocenters. The van der Waals surface area contributed by atoms with Gasteiger partial charge in [-0.05, 0) is 60.2 Å². The van der Waals surface area contributed by atoms with Crippen LogP contribution in [0.2, 0.25) is 0 Å². The molecule has 2 aromatic rings. The van der Waals surface area contributed by atoms with E-state index >= 15 is 0 Å². The molecule has 3 rings (SSSR count). The Labute approximate surface area is 202 Å². The highest BCUT2D eigenvalue weighted by molar-refractivity contribution is 5.94. The topological polar surface area (TPSA) is 61.9 Å². The second-order valence-electron chi connectivity index (χ2n) is 10.4. The lowest BCUT2D eigenvalue weighted by molar-refractivity contribution is -0.117. The van der Waals surface area contributed by atoms with Gasteiger partial charge in [0.25, 0.3) is 5.91 Å². The van der Waals surface area contributed by atoms with Gasteiger partial charge in [-0.15, -0.1) is 0 Å². The number of anilines is 2. The van der Waals surface area contributed by atoms with E-state index in [9.17, 15) is 14.0 Å². The van der Waals surface area contributed by atoms with Crippen molar-refractivity contribution in [1.29, 1.82) is 0 Å². The summed E-state index contributed by atoms with van der Waals surface area (Å²) in [5.41, 5.74) is 2.70. The Balaban J connectivity index is 1.89. The lowest BCUT2D eigenvalue weighted by Crippen LogP contribution is -2.37. The first-order chi connectivity index (χ1) is 16.0. The van der Waals surface area contributed by atoms with Crippen LogP contribution in [0.4, 0.5) is 15.8 Å². The highest BCUT2D eigenvalue weighted by Gasteiger charge is 2.25. The Morgan fingerprint density at radius 3 is 2.53 bits per heavy atom. The number of amides is 2. The molecule has 1 aliphatic rings. The van der Waals surface area contributed by atoms with Crippen LogP contribution in [0.25, 0.3) is 0 Å². The van der Waals surface area contributed by atoms with Crippen LogP contribution in [0.1, 0.15) is 56.0 Å². The summed E-state index contributed by atoms with van der Waals surface area (Å²) in [5.74, 6) is -0.745. The van der Waals surface area contributed by atoms with E-state index in [0.717, 1.165) is 24.1 Å². The van der Waals surface area contributed by atoms with E-state index in [4.69, 9.17) is 4.74 Å². The predicted octanol–water partition coefficient (Wildman–Crippen LogP) is 5.09. The van der Waals surface area contributed by atoms with Gasteiger partial charge in [-0.2, -0.15) is 0 Å². The molecular formula is C27H36FN3O3. The molecule has 1 N–H and O–H groups in total. The molecule has 0 unspecified atom stereocenters. The van der Waals surface area contributed by atoms with Crippen molar-refractivity contribution in [2.45, 2.75) is 52.7 Å². The Morgan fingerprint density at radius 2 is 1.91 bits per heavy atom. The summed E-state index contributed by atoms with van der Waals surface area (Å²) >= 11 is 0. The second-order valence-corrected chi connectivity index (χ2v) is 10.4. The number of carbonyl (C=O) groups excluding carboxylic acids is 2. The second kappa shape index (κ2) is 11.0. The van der Waals surface area contributed by atoms with Crippen molar-refractivity contribution in [2.24, 2.45) is 5.41 Å². The first-order valence-corrected chi connectivity index (χ1v) is 11.8. The van der Waals surface area contributed by atoms with Gasteiger partial charge in [0.1, 0.15) is 5.82 Å². The van der Waals surface area contributed by atoms with Crippen molar-refractivity contribution in [3.63, 3.8) is 0 Å². The number of nitrogens with one attached hydrogen (secondary N) is 1. The summed E-state index contributed by atoms with van der Waals surface area (Å²) in [5, 5.41) is 2.98. The number of carbonyl (C=O) groups is 2. The molecule has 0 aromatic heterocycles. The van der Waals surface area contributed by atoms with E-state index in [1.165, 1.54) is 12.1 Å². The van der Waals surface area contributed by atoms with Crippen molar-refractivity contribution >= 4 is 23.2 Å². The molecule has 0 saturated carbocycles. The molecule has 2 aromatic carbocycles. The Hall–Kier alpha value is -2.93. The zero-order valence-electron chi connectivity index (χ0n) is 20.9. The van der Waals surface area contributed by atoms with Gasteiger partial charge in [0, 0.05) is 57.2 Å². The third-order valence-electron chi connectivity index (χ3n) is 5.70. The largest absolute Gasteiger partial charge is 0.377 e. The number of halogens is 1. The van der Waals surface area contributed by atoms with Crippen molar-refractivity contribution < 1.29 is 18.7 Å². The molecule has 7 heteroatoms. The van der Waals surface area contributed by atoms with Gasteiger partial charge in [0.2, 0.25) is 5.91 Å². The van der Waals surface area contributed by atoms with Crippen LogP contribution < -0.4 is 10.2 Å². The minimum Gasteiger partial charge on any atom is -0.377 e. The molecule has 34 heavy (non-hydrogen) atoms. The van der Waals surface area contributed by atoms with E-state index in [0.29, 0.717) is 37.4 Å². The minimum absolute atomic E-state index is 0.0463. The molecule has 1 saturated heterocycles. The molecule has 184 valence electrons. The SMILES string of the molecule is CN(C)c1ccc(NC(=O)CC(C)(C)C)cc1CN(C[C@H]1CCCO1)C(=O)c1cccc(F)c1. The third kappa shape index (κ3) is 7.29. The van der Waals surface area contributed by atoms with Gasteiger partial charge in [-0.1, -0.05) is 26.8 Å². The lowest BCUT2D eigenvalue weighted by Gasteiger charge is -2.28. The quantitative estimate of drug-likeness (QED) is 0.585. The van der Waals surface area contributed by atoms with Gasteiger partial charge in [0.15, 0.2) is 0 Å². The summed E-state index contributed by atoms with van der Waals surface area (Å²) in [7, 11) is 3.88. The molecule has 1 aliphatic heterocycles. The number of ether oxygens (including phenoxy) is 1. The molecule has 0 bridgehead atoms. The van der Waals surface area contributed by atoms with E-state index < -0.39 is 5.82 Å². The number of rotatable bonds is 8. The third-order valence-corrected chi connectivity index (χ3v) is 5.70. The maximum Gasteiger partial charge on any atom is 0.254 e. The van der Waals surface area contributed by atoms with Crippen molar-refractivity contribution in [3.05, 3.63) is 59.4 Å². The molecule has 0 spiro atoms. The lowest BCUT2D eigenvalue weighted by atomic mass is 9.92. The number of hydrogen-bond donors (Lipinski definition) is 1. The first-order valence-electron chi connectivity index (χ1n) is 11.8. The smallest absolute Gasteiger partial charge is 0.254 e. The first kappa shape index (κ1) is 25.7. The normalized spacial score (nSPS) is 15.8. The number of nitrogens with zero attached hydrogens (tertiary/aromatic N) is 2. The standard InChI is InChI=1S/C27H36FN3O3/c1-27(2,3)16-25(32)29-22-11-12-24(30(4)5)20(15-22)17-31(18-23-10-7-13-34-23)26(33)19-8-6-9-21(28)14-19/h6,8-9,11-12,14-15,23H,7,10,13,16-18H2,1-5H3,(H,29,32)/t23-/m1/s1. The van der Waals surface area contributed by atoms with E-state index in [2.05, 4.69) is 5.32 Å². The molecule has 6 nitrogen and oxygen atoms in total. The zero-order chi connectivity index (χ0) is 24.9. The van der Waals surface area contributed by atoms with Crippen LogP contribution in [0.5, 0.6) is 0 Å². The van der Waals surface area contributed by atoms with E-state index in [1.54, 1.807) is 17.0 Å². The maximum atomic E-state index is 13.8. The Bertz CT molecular complexity index is 1010. The van der Waals surface area contributed by atoms with E-state index in [1.807, 2.05) is 58.0 Å². The van der Waals surface area contributed by atoms with Crippen molar-refractivity contribution in [1.82, 2.24) is 4.90 Å². The van der Waals surface area contributed by atoms with Crippen LogP contribution in [-0.4, -0.2) is 50.1 Å². The average Bonchev–Trinajstić information content (AvgIpc) is 3.24.